The van der Waals surface area contributed by atoms with Crippen LogP contribution in [0.15, 0.2) is 11.6 Å². The minimum atomic E-state index is -0.0926. The first kappa shape index (κ1) is 21.9. The number of hydrogen-bond donors (Lipinski definition) is 2. The highest BCUT2D eigenvalue weighted by Gasteiger charge is 2.59. The summed E-state index contributed by atoms with van der Waals surface area (Å²) in [6, 6.07) is 0. The third kappa shape index (κ3) is 3.75. The zero-order valence-electron chi connectivity index (χ0n) is 19.5. The molecule has 166 valence electrons. The van der Waals surface area contributed by atoms with E-state index in [2.05, 4.69) is 33.8 Å². The van der Waals surface area contributed by atoms with Crippen LogP contribution in [0.4, 0.5) is 0 Å². The monoisotopic (exact) mass is 402 g/mol. The zero-order valence-corrected chi connectivity index (χ0v) is 19.5. The first-order chi connectivity index (χ1) is 13.8. The largest absolute Gasteiger partial charge is 0.396 e. The maximum Gasteiger partial charge on any atom is 0.0577 e. The van der Waals surface area contributed by atoms with Crippen LogP contribution in [0.1, 0.15) is 98.3 Å². The molecule has 2 heteroatoms. The van der Waals surface area contributed by atoms with E-state index in [0.717, 1.165) is 42.4 Å². The first-order valence-electron chi connectivity index (χ1n) is 12.8. The summed E-state index contributed by atoms with van der Waals surface area (Å²) in [6.45, 7) is 10.2. The van der Waals surface area contributed by atoms with E-state index in [1.807, 2.05) is 0 Å². The Morgan fingerprint density at radius 3 is 2.59 bits per heavy atom. The van der Waals surface area contributed by atoms with Gasteiger partial charge in [0.05, 0.1) is 6.10 Å². The standard InChI is InChI=1S/C27H46O2/c1-18(17-28)6-5-7-19(2)23-10-11-24-22-9-8-20-16-21(29)12-14-26(20,3)25(22)13-15-27(23,24)4/h8,18-19,21-25,28-29H,5-7,9-17H2,1-4H3/t18?,19-,21?,22?,23?,24?,25?,26-,27?/m1/s1. The van der Waals surface area contributed by atoms with Gasteiger partial charge in [-0.1, -0.05) is 52.2 Å². The Bertz CT molecular complexity index is 612. The van der Waals surface area contributed by atoms with E-state index >= 15 is 0 Å². The van der Waals surface area contributed by atoms with Crippen LogP contribution < -0.4 is 0 Å². The van der Waals surface area contributed by atoms with Crippen LogP contribution in [0.5, 0.6) is 0 Å². The summed E-state index contributed by atoms with van der Waals surface area (Å²) in [5.74, 6) is 4.82. The van der Waals surface area contributed by atoms with Crippen LogP contribution in [-0.2, 0) is 0 Å². The van der Waals surface area contributed by atoms with Gasteiger partial charge in [0, 0.05) is 6.61 Å². The molecule has 2 nitrogen and oxygen atoms in total. The van der Waals surface area contributed by atoms with Crippen molar-refractivity contribution in [2.24, 2.45) is 46.3 Å². The van der Waals surface area contributed by atoms with Gasteiger partial charge in [0.1, 0.15) is 0 Å². The van der Waals surface area contributed by atoms with Crippen molar-refractivity contribution in [2.45, 2.75) is 104 Å². The first-order valence-corrected chi connectivity index (χ1v) is 12.8. The summed E-state index contributed by atoms with van der Waals surface area (Å²) in [4.78, 5) is 0. The Kier molecular flexibility index (Phi) is 6.26. The molecule has 0 radical (unpaired) electrons. The molecule has 4 rings (SSSR count). The Morgan fingerprint density at radius 1 is 1.03 bits per heavy atom. The van der Waals surface area contributed by atoms with Gasteiger partial charge >= 0.3 is 0 Å². The van der Waals surface area contributed by atoms with Crippen molar-refractivity contribution in [1.29, 1.82) is 0 Å². The minimum Gasteiger partial charge on any atom is -0.396 e. The average molecular weight is 403 g/mol. The molecule has 0 aromatic rings. The fourth-order valence-electron chi connectivity index (χ4n) is 8.70. The predicted molar refractivity (Wildman–Crippen MR) is 120 cm³/mol. The predicted octanol–water partition coefficient (Wildman–Crippen LogP) is 6.36. The van der Waals surface area contributed by atoms with E-state index in [1.165, 1.54) is 57.8 Å². The van der Waals surface area contributed by atoms with E-state index < -0.39 is 0 Å². The Labute approximate surface area is 179 Å². The van der Waals surface area contributed by atoms with Gasteiger partial charge < -0.3 is 10.2 Å². The molecule has 2 N–H and O–H groups in total. The van der Waals surface area contributed by atoms with Crippen LogP contribution in [-0.4, -0.2) is 22.9 Å². The third-order valence-electron chi connectivity index (χ3n) is 10.5. The van der Waals surface area contributed by atoms with E-state index in [1.54, 1.807) is 5.57 Å². The van der Waals surface area contributed by atoms with Crippen molar-refractivity contribution in [2.75, 3.05) is 6.61 Å². The summed E-state index contributed by atoms with van der Waals surface area (Å²) < 4.78 is 0. The summed E-state index contributed by atoms with van der Waals surface area (Å²) in [6.07, 6.45) is 16.4. The quantitative estimate of drug-likeness (QED) is 0.507. The lowest BCUT2D eigenvalue weighted by Gasteiger charge is -2.58. The van der Waals surface area contributed by atoms with Crippen LogP contribution in [0.2, 0.25) is 0 Å². The molecule has 0 amide bonds. The maximum absolute atomic E-state index is 10.2. The molecule has 3 fully saturated rings. The molecule has 0 aromatic carbocycles. The second-order valence-corrected chi connectivity index (χ2v) is 12.1. The molecule has 9 atom stereocenters. The summed E-state index contributed by atoms with van der Waals surface area (Å²) in [5.41, 5.74) is 2.51. The number of allylic oxidation sites excluding steroid dienone is 1. The molecule has 4 aliphatic carbocycles. The van der Waals surface area contributed by atoms with E-state index in [4.69, 9.17) is 0 Å². The second kappa shape index (κ2) is 8.30. The van der Waals surface area contributed by atoms with Crippen LogP contribution in [0, 0.1) is 46.3 Å². The second-order valence-electron chi connectivity index (χ2n) is 12.1. The molecular formula is C27H46O2. The zero-order chi connectivity index (χ0) is 20.8. The highest BCUT2D eigenvalue weighted by atomic mass is 16.3. The minimum absolute atomic E-state index is 0.0926. The van der Waals surface area contributed by atoms with Gasteiger partial charge in [-0.25, -0.2) is 0 Å². The molecule has 0 bridgehead atoms. The summed E-state index contributed by atoms with van der Waals surface area (Å²) >= 11 is 0. The van der Waals surface area contributed by atoms with Gasteiger partial charge in [0.25, 0.3) is 0 Å². The van der Waals surface area contributed by atoms with Crippen molar-refractivity contribution in [3.63, 3.8) is 0 Å². The number of aliphatic hydroxyl groups excluding tert-OH is 2. The van der Waals surface area contributed by atoms with Gasteiger partial charge in [-0.3, -0.25) is 0 Å². The molecule has 3 saturated carbocycles. The number of rotatable bonds is 6. The van der Waals surface area contributed by atoms with Gasteiger partial charge in [-0.2, -0.15) is 0 Å². The van der Waals surface area contributed by atoms with Crippen molar-refractivity contribution in [1.82, 2.24) is 0 Å². The molecule has 0 spiro atoms. The van der Waals surface area contributed by atoms with Crippen LogP contribution in [0.3, 0.4) is 0 Å². The summed E-state index contributed by atoms with van der Waals surface area (Å²) in [5, 5.41) is 19.5. The molecule has 0 heterocycles. The molecule has 0 aromatic heterocycles. The lowest BCUT2D eigenvalue weighted by atomic mass is 9.47. The molecule has 7 unspecified atom stereocenters. The van der Waals surface area contributed by atoms with Gasteiger partial charge in [0.15, 0.2) is 0 Å². The van der Waals surface area contributed by atoms with E-state index in [-0.39, 0.29) is 6.10 Å². The van der Waals surface area contributed by atoms with E-state index in [9.17, 15) is 10.2 Å². The fraction of sp³-hybridized carbons (Fsp3) is 0.926. The van der Waals surface area contributed by atoms with E-state index in [0.29, 0.717) is 23.4 Å². The number of hydrogen-bond acceptors (Lipinski definition) is 2. The normalized spacial score (nSPS) is 46.3. The highest BCUT2D eigenvalue weighted by Crippen LogP contribution is 2.67. The highest BCUT2D eigenvalue weighted by molar-refractivity contribution is 5.25. The summed E-state index contributed by atoms with van der Waals surface area (Å²) in [7, 11) is 0. The Morgan fingerprint density at radius 2 is 1.83 bits per heavy atom. The molecule has 0 aliphatic heterocycles. The average Bonchev–Trinajstić information content (AvgIpc) is 3.05. The van der Waals surface area contributed by atoms with Crippen LogP contribution >= 0.6 is 0 Å². The van der Waals surface area contributed by atoms with Crippen LogP contribution in [0.25, 0.3) is 0 Å². The number of aliphatic hydroxyl groups is 2. The molecule has 0 saturated heterocycles. The smallest absolute Gasteiger partial charge is 0.0577 e. The maximum atomic E-state index is 10.2. The third-order valence-corrected chi connectivity index (χ3v) is 10.5. The van der Waals surface area contributed by atoms with Crippen molar-refractivity contribution in [3.8, 4) is 0 Å². The molecule has 4 aliphatic rings. The van der Waals surface area contributed by atoms with Gasteiger partial charge in [0.2, 0.25) is 0 Å². The van der Waals surface area contributed by atoms with Gasteiger partial charge in [-0.15, -0.1) is 0 Å². The van der Waals surface area contributed by atoms with Gasteiger partial charge in [-0.05, 0) is 104 Å². The van der Waals surface area contributed by atoms with Crippen molar-refractivity contribution < 1.29 is 10.2 Å². The lowest BCUT2D eigenvalue weighted by Crippen LogP contribution is -2.50. The Balaban J connectivity index is 1.46. The molecule has 29 heavy (non-hydrogen) atoms. The fourth-order valence-corrected chi connectivity index (χ4v) is 8.70. The number of fused-ring (bicyclic) bond motifs is 5. The SMILES string of the molecule is CC(CO)CCC[C@@H](C)C1CCC2C3CC=C4CC(O)CC[C@@]4(C)C3CCC21C. The lowest BCUT2D eigenvalue weighted by molar-refractivity contribution is -0.0573. The van der Waals surface area contributed by atoms with Crippen molar-refractivity contribution >= 4 is 0 Å². The molecular weight excluding hydrogens is 356 g/mol. The van der Waals surface area contributed by atoms with Crippen molar-refractivity contribution in [3.05, 3.63) is 11.6 Å². The topological polar surface area (TPSA) is 40.5 Å². The Hall–Kier alpha value is -0.340.